The maximum atomic E-state index is 13.1. The normalized spacial score (nSPS) is 18.0. The van der Waals surface area contributed by atoms with Gasteiger partial charge in [-0.1, -0.05) is 18.2 Å². The highest BCUT2D eigenvalue weighted by atomic mass is 19.4. The topological polar surface area (TPSA) is 41.9 Å². The van der Waals surface area contributed by atoms with Gasteiger partial charge in [0.1, 0.15) is 0 Å². The monoisotopic (exact) mass is 398 g/mol. The maximum Gasteiger partial charge on any atom is 0.416 e. The van der Waals surface area contributed by atoms with E-state index < -0.39 is 11.7 Å². The first-order chi connectivity index (χ1) is 14.0. The van der Waals surface area contributed by atoms with E-state index in [0.717, 1.165) is 55.9 Å². The number of benzene rings is 1. The summed E-state index contributed by atoms with van der Waals surface area (Å²) in [5.74, 6) is 0.124. The van der Waals surface area contributed by atoms with E-state index in [4.69, 9.17) is 0 Å². The van der Waals surface area contributed by atoms with Crippen LogP contribution in [0.5, 0.6) is 0 Å². The van der Waals surface area contributed by atoms with Crippen molar-refractivity contribution in [3.63, 3.8) is 0 Å². The minimum atomic E-state index is -4.39. The Hall–Kier alpha value is -2.80. The van der Waals surface area contributed by atoms with Crippen molar-refractivity contribution in [2.24, 2.45) is 0 Å². The third-order valence-electron chi connectivity index (χ3n) is 5.21. The Balaban J connectivity index is 1.60. The third kappa shape index (κ3) is 4.62. The predicted octanol–water partition coefficient (Wildman–Crippen LogP) is 4.94. The highest BCUT2D eigenvalue weighted by molar-refractivity contribution is 5.63. The number of likely N-dealkylation sites (tertiary alicyclic amines) is 1. The molecule has 0 N–H and O–H groups in total. The van der Waals surface area contributed by atoms with Gasteiger partial charge in [-0.15, -0.1) is 0 Å². The lowest BCUT2D eigenvalue weighted by Gasteiger charge is -2.33. The molecular weight excluding hydrogens is 377 g/mol. The highest BCUT2D eigenvalue weighted by Gasteiger charge is 2.31. The molecular formula is C22H21F3N4. The van der Waals surface area contributed by atoms with Crippen LogP contribution in [0.2, 0.25) is 0 Å². The van der Waals surface area contributed by atoms with Gasteiger partial charge in [0.25, 0.3) is 0 Å². The molecule has 0 aliphatic carbocycles. The van der Waals surface area contributed by atoms with Crippen molar-refractivity contribution in [2.75, 3.05) is 13.1 Å². The molecule has 1 fully saturated rings. The number of rotatable bonds is 4. The first-order valence-corrected chi connectivity index (χ1v) is 9.60. The lowest BCUT2D eigenvalue weighted by molar-refractivity contribution is -0.137. The van der Waals surface area contributed by atoms with Gasteiger partial charge < -0.3 is 0 Å². The smallest absolute Gasteiger partial charge is 0.298 e. The molecule has 150 valence electrons. The van der Waals surface area contributed by atoms with Crippen LogP contribution >= 0.6 is 0 Å². The molecule has 0 radical (unpaired) electrons. The Kier molecular flexibility index (Phi) is 5.58. The van der Waals surface area contributed by atoms with Gasteiger partial charge in [0.2, 0.25) is 0 Å². The van der Waals surface area contributed by atoms with Crippen LogP contribution in [0.1, 0.15) is 35.6 Å². The fourth-order valence-corrected chi connectivity index (χ4v) is 3.88. The Morgan fingerprint density at radius 1 is 1.03 bits per heavy atom. The number of halogens is 3. The molecule has 1 aliphatic rings. The molecule has 0 amide bonds. The summed E-state index contributed by atoms with van der Waals surface area (Å²) in [4.78, 5) is 15.4. The average molecular weight is 398 g/mol. The molecule has 1 saturated heterocycles. The van der Waals surface area contributed by atoms with E-state index in [1.807, 2.05) is 18.3 Å². The van der Waals surface area contributed by atoms with Crippen LogP contribution in [0, 0.1) is 0 Å². The largest absolute Gasteiger partial charge is 0.416 e. The zero-order chi connectivity index (χ0) is 20.3. The van der Waals surface area contributed by atoms with Crippen molar-refractivity contribution in [1.29, 1.82) is 0 Å². The number of nitrogens with zero attached hydrogens (tertiary/aromatic N) is 4. The van der Waals surface area contributed by atoms with Crippen LogP contribution < -0.4 is 0 Å². The average Bonchev–Trinajstić information content (AvgIpc) is 2.74. The van der Waals surface area contributed by atoms with Crippen molar-refractivity contribution in [3.8, 4) is 11.3 Å². The summed E-state index contributed by atoms with van der Waals surface area (Å²) in [6.45, 7) is 2.56. The Labute approximate surface area is 167 Å². The second-order valence-electron chi connectivity index (χ2n) is 7.30. The van der Waals surface area contributed by atoms with E-state index in [1.54, 1.807) is 18.5 Å². The fourth-order valence-electron chi connectivity index (χ4n) is 3.88. The van der Waals surface area contributed by atoms with Crippen LogP contribution in [0.4, 0.5) is 13.2 Å². The van der Waals surface area contributed by atoms with Crippen molar-refractivity contribution >= 4 is 0 Å². The summed E-state index contributed by atoms with van der Waals surface area (Å²) >= 11 is 0. The zero-order valence-corrected chi connectivity index (χ0v) is 15.8. The summed E-state index contributed by atoms with van der Waals surface area (Å²) < 4.78 is 39.4. The number of piperidine rings is 1. The Bertz CT molecular complexity index is 960. The van der Waals surface area contributed by atoms with Gasteiger partial charge >= 0.3 is 6.18 Å². The molecule has 3 aromatic rings. The number of hydrogen-bond acceptors (Lipinski definition) is 4. The summed E-state index contributed by atoms with van der Waals surface area (Å²) in [5, 5.41) is 0. The molecule has 7 heteroatoms. The van der Waals surface area contributed by atoms with Gasteiger partial charge in [0.15, 0.2) is 0 Å². The second kappa shape index (κ2) is 8.29. The molecule has 2 aromatic heterocycles. The van der Waals surface area contributed by atoms with Crippen molar-refractivity contribution in [2.45, 2.75) is 31.5 Å². The van der Waals surface area contributed by atoms with E-state index >= 15 is 0 Å². The van der Waals surface area contributed by atoms with Crippen LogP contribution in [0.25, 0.3) is 11.3 Å². The lowest BCUT2D eigenvalue weighted by Crippen LogP contribution is -2.34. The molecule has 3 heterocycles. The zero-order valence-electron chi connectivity index (χ0n) is 15.8. The molecule has 29 heavy (non-hydrogen) atoms. The number of pyridine rings is 1. The van der Waals surface area contributed by atoms with Crippen LogP contribution in [0.3, 0.4) is 0 Å². The lowest BCUT2D eigenvalue weighted by atomic mass is 9.91. The van der Waals surface area contributed by atoms with Gasteiger partial charge in [-0.3, -0.25) is 19.9 Å². The molecule has 1 aliphatic heterocycles. The van der Waals surface area contributed by atoms with Gasteiger partial charge in [-0.25, -0.2) is 0 Å². The van der Waals surface area contributed by atoms with Gasteiger partial charge in [0.05, 0.1) is 17.0 Å². The minimum Gasteiger partial charge on any atom is -0.298 e. The summed E-state index contributed by atoms with van der Waals surface area (Å²) in [7, 11) is 0. The van der Waals surface area contributed by atoms with Crippen LogP contribution in [-0.4, -0.2) is 32.9 Å². The first-order valence-electron chi connectivity index (χ1n) is 9.60. The fraction of sp³-hybridized carbons (Fsp3) is 0.318. The van der Waals surface area contributed by atoms with Gasteiger partial charge in [-0.05, 0) is 43.1 Å². The van der Waals surface area contributed by atoms with Gasteiger partial charge in [-0.2, -0.15) is 13.2 Å². The third-order valence-corrected chi connectivity index (χ3v) is 5.21. The standard InChI is InChI=1S/C22H21F3N4/c23-22(24,25)19-7-1-5-17(12-19)20-21(28-10-9-27-20)18-6-3-11-29(15-18)14-16-4-2-8-26-13-16/h1-2,4-5,7-10,12-13,18H,3,6,11,14-15H2/t18-/m0/s1. The number of hydrogen-bond donors (Lipinski definition) is 0. The molecule has 0 bridgehead atoms. The first kappa shape index (κ1) is 19.5. The maximum absolute atomic E-state index is 13.1. The van der Waals surface area contributed by atoms with Crippen LogP contribution in [0.15, 0.2) is 61.2 Å². The van der Waals surface area contributed by atoms with E-state index in [2.05, 4.69) is 19.9 Å². The number of alkyl halides is 3. The quantitative estimate of drug-likeness (QED) is 0.625. The van der Waals surface area contributed by atoms with E-state index in [1.165, 1.54) is 12.3 Å². The van der Waals surface area contributed by atoms with E-state index in [0.29, 0.717) is 11.3 Å². The predicted molar refractivity (Wildman–Crippen MR) is 104 cm³/mol. The Morgan fingerprint density at radius 3 is 2.69 bits per heavy atom. The molecule has 1 atom stereocenters. The Morgan fingerprint density at radius 2 is 1.90 bits per heavy atom. The molecule has 4 rings (SSSR count). The molecule has 0 spiro atoms. The summed E-state index contributed by atoms with van der Waals surface area (Å²) in [6, 6.07) is 9.29. The summed E-state index contributed by atoms with van der Waals surface area (Å²) in [6.07, 6.45) is 4.33. The van der Waals surface area contributed by atoms with Crippen molar-refractivity contribution in [1.82, 2.24) is 19.9 Å². The highest BCUT2D eigenvalue weighted by Crippen LogP contribution is 2.35. The minimum absolute atomic E-state index is 0.124. The molecule has 0 saturated carbocycles. The summed E-state index contributed by atoms with van der Waals surface area (Å²) in [5.41, 5.74) is 2.22. The molecule has 0 unspecified atom stereocenters. The van der Waals surface area contributed by atoms with Gasteiger partial charge in [0, 0.05) is 49.4 Å². The van der Waals surface area contributed by atoms with Crippen molar-refractivity contribution < 1.29 is 13.2 Å². The molecule has 4 nitrogen and oxygen atoms in total. The second-order valence-corrected chi connectivity index (χ2v) is 7.30. The molecule has 1 aromatic carbocycles. The number of aromatic nitrogens is 3. The van der Waals surface area contributed by atoms with Crippen LogP contribution in [-0.2, 0) is 12.7 Å². The van der Waals surface area contributed by atoms with Crippen molar-refractivity contribution in [3.05, 3.63) is 78.0 Å². The van der Waals surface area contributed by atoms with E-state index in [-0.39, 0.29) is 5.92 Å². The van der Waals surface area contributed by atoms with E-state index in [9.17, 15) is 13.2 Å². The SMILES string of the molecule is FC(F)(F)c1cccc(-c2nccnc2[C@H]2CCCN(Cc3cccnc3)C2)c1.